The van der Waals surface area contributed by atoms with Gasteiger partial charge >= 0.3 is 0 Å². The van der Waals surface area contributed by atoms with E-state index in [2.05, 4.69) is 5.32 Å². The quantitative estimate of drug-likeness (QED) is 0.726. The molecule has 0 atom stereocenters. The number of carbonyl (C=O) groups is 1. The first kappa shape index (κ1) is 15.6. The first-order valence-corrected chi connectivity index (χ1v) is 8.47. The summed E-state index contributed by atoms with van der Waals surface area (Å²) in [6.07, 6.45) is 0. The van der Waals surface area contributed by atoms with Crippen molar-refractivity contribution < 1.29 is 9.18 Å². The molecule has 0 spiro atoms. The Morgan fingerprint density at radius 3 is 2.61 bits per heavy atom. The molecule has 0 aliphatic carbocycles. The van der Waals surface area contributed by atoms with Gasteiger partial charge in [0.1, 0.15) is 5.82 Å². The molecule has 0 heterocycles. The van der Waals surface area contributed by atoms with E-state index >= 15 is 0 Å². The molecule has 0 saturated heterocycles. The molecule has 0 aliphatic heterocycles. The lowest BCUT2D eigenvalue weighted by Crippen LogP contribution is -2.14. The van der Waals surface area contributed by atoms with Gasteiger partial charge in [0.2, 0.25) is 5.91 Å². The first-order chi connectivity index (χ1) is 11.2. The predicted octanol–water partition coefficient (Wildman–Crippen LogP) is 4.85. The minimum absolute atomic E-state index is 0.0540. The van der Waals surface area contributed by atoms with Crippen LogP contribution in [-0.4, -0.2) is 11.7 Å². The molecule has 1 N–H and O–H groups in total. The number of thioether (sulfide) groups is 1. The second-order valence-electron chi connectivity index (χ2n) is 5.23. The van der Waals surface area contributed by atoms with Gasteiger partial charge in [0.15, 0.2) is 0 Å². The Kier molecular flexibility index (Phi) is 4.93. The van der Waals surface area contributed by atoms with Gasteiger partial charge in [0.05, 0.1) is 5.75 Å². The zero-order valence-electron chi connectivity index (χ0n) is 12.5. The van der Waals surface area contributed by atoms with Crippen molar-refractivity contribution in [3.05, 3.63) is 78.1 Å². The van der Waals surface area contributed by atoms with Crippen LogP contribution in [0.15, 0.2) is 66.7 Å². The van der Waals surface area contributed by atoms with Crippen LogP contribution < -0.4 is 5.32 Å². The van der Waals surface area contributed by atoms with Crippen LogP contribution in [0.1, 0.15) is 5.56 Å². The van der Waals surface area contributed by atoms with Gasteiger partial charge in [0, 0.05) is 11.4 Å². The molecule has 4 heteroatoms. The largest absolute Gasteiger partial charge is 0.325 e. The lowest BCUT2D eigenvalue weighted by atomic mass is 10.1. The van der Waals surface area contributed by atoms with Gasteiger partial charge in [-0.1, -0.05) is 42.5 Å². The van der Waals surface area contributed by atoms with E-state index in [-0.39, 0.29) is 11.7 Å². The van der Waals surface area contributed by atoms with Gasteiger partial charge < -0.3 is 5.32 Å². The third-order valence-corrected chi connectivity index (χ3v) is 4.43. The fraction of sp³-hybridized carbons (Fsp3) is 0.105. The fourth-order valence-electron chi connectivity index (χ4n) is 2.35. The summed E-state index contributed by atoms with van der Waals surface area (Å²) >= 11 is 1.47. The molecule has 0 aromatic heterocycles. The highest BCUT2D eigenvalue weighted by atomic mass is 32.2. The van der Waals surface area contributed by atoms with Gasteiger partial charge in [-0.15, -0.1) is 11.8 Å². The number of hydrogen-bond donors (Lipinski definition) is 1. The lowest BCUT2D eigenvalue weighted by molar-refractivity contribution is -0.113. The van der Waals surface area contributed by atoms with Crippen molar-refractivity contribution in [2.45, 2.75) is 5.75 Å². The summed E-state index contributed by atoms with van der Waals surface area (Å²) < 4.78 is 13.1. The second-order valence-corrected chi connectivity index (χ2v) is 6.22. The lowest BCUT2D eigenvalue weighted by Gasteiger charge is -2.07. The molecular formula is C19H16FNOS. The van der Waals surface area contributed by atoms with Crippen LogP contribution in [0, 0.1) is 5.82 Å². The van der Waals surface area contributed by atoms with E-state index in [0.29, 0.717) is 11.5 Å². The highest BCUT2D eigenvalue weighted by Gasteiger charge is 2.04. The SMILES string of the molecule is O=C(CSCc1cccc(F)c1)Nc1ccc2ccccc2c1. The van der Waals surface area contributed by atoms with Crippen molar-refractivity contribution in [3.63, 3.8) is 0 Å². The van der Waals surface area contributed by atoms with Crippen LogP contribution in [0.4, 0.5) is 10.1 Å². The van der Waals surface area contributed by atoms with Crippen molar-refractivity contribution in [1.29, 1.82) is 0 Å². The zero-order chi connectivity index (χ0) is 16.1. The number of amides is 1. The highest BCUT2D eigenvalue weighted by Crippen LogP contribution is 2.19. The maximum absolute atomic E-state index is 13.1. The third kappa shape index (κ3) is 4.33. The summed E-state index contributed by atoms with van der Waals surface area (Å²) in [5, 5.41) is 5.14. The van der Waals surface area contributed by atoms with E-state index in [4.69, 9.17) is 0 Å². The molecule has 2 nitrogen and oxygen atoms in total. The number of anilines is 1. The summed E-state index contributed by atoms with van der Waals surface area (Å²) in [7, 11) is 0. The average molecular weight is 325 g/mol. The van der Waals surface area contributed by atoms with E-state index in [1.807, 2.05) is 48.5 Å². The Morgan fingerprint density at radius 1 is 0.957 bits per heavy atom. The molecule has 23 heavy (non-hydrogen) atoms. The van der Waals surface area contributed by atoms with Crippen LogP contribution in [0.3, 0.4) is 0 Å². The first-order valence-electron chi connectivity index (χ1n) is 7.31. The Morgan fingerprint density at radius 2 is 1.78 bits per heavy atom. The number of halogens is 1. The summed E-state index contributed by atoms with van der Waals surface area (Å²) in [4.78, 5) is 12.0. The van der Waals surface area contributed by atoms with Gasteiger partial charge in [-0.05, 0) is 40.6 Å². The van der Waals surface area contributed by atoms with E-state index in [1.54, 1.807) is 6.07 Å². The topological polar surface area (TPSA) is 29.1 Å². The van der Waals surface area contributed by atoms with E-state index < -0.39 is 0 Å². The van der Waals surface area contributed by atoms with Crippen LogP contribution in [0.25, 0.3) is 10.8 Å². The second kappa shape index (κ2) is 7.29. The van der Waals surface area contributed by atoms with Crippen LogP contribution in [0.5, 0.6) is 0 Å². The van der Waals surface area contributed by atoms with Gasteiger partial charge in [0.25, 0.3) is 0 Å². The van der Waals surface area contributed by atoms with Crippen molar-refractivity contribution in [3.8, 4) is 0 Å². The molecule has 0 fully saturated rings. The smallest absolute Gasteiger partial charge is 0.234 e. The fourth-order valence-corrected chi connectivity index (χ4v) is 3.13. The van der Waals surface area contributed by atoms with Gasteiger partial charge in [-0.3, -0.25) is 4.79 Å². The number of carbonyl (C=O) groups excluding carboxylic acids is 1. The molecule has 3 aromatic carbocycles. The molecule has 0 saturated carbocycles. The van der Waals surface area contributed by atoms with Gasteiger partial charge in [-0.25, -0.2) is 4.39 Å². The Labute approximate surface area is 138 Å². The van der Waals surface area contributed by atoms with E-state index in [9.17, 15) is 9.18 Å². The normalized spacial score (nSPS) is 10.7. The number of hydrogen-bond acceptors (Lipinski definition) is 2. The maximum Gasteiger partial charge on any atom is 0.234 e. The molecular weight excluding hydrogens is 309 g/mol. The maximum atomic E-state index is 13.1. The van der Waals surface area contributed by atoms with Crippen LogP contribution >= 0.6 is 11.8 Å². The molecule has 116 valence electrons. The number of nitrogens with one attached hydrogen (secondary N) is 1. The van der Waals surface area contributed by atoms with Crippen molar-refractivity contribution in [2.24, 2.45) is 0 Å². The monoisotopic (exact) mass is 325 g/mol. The Hall–Kier alpha value is -2.33. The summed E-state index contributed by atoms with van der Waals surface area (Å²) in [5.41, 5.74) is 1.67. The third-order valence-electron chi connectivity index (χ3n) is 3.42. The zero-order valence-corrected chi connectivity index (χ0v) is 13.3. The van der Waals surface area contributed by atoms with Gasteiger partial charge in [-0.2, -0.15) is 0 Å². The summed E-state index contributed by atoms with van der Waals surface area (Å²) in [6.45, 7) is 0. The van der Waals surface area contributed by atoms with E-state index in [1.165, 1.54) is 23.9 Å². The number of benzene rings is 3. The van der Waals surface area contributed by atoms with Crippen molar-refractivity contribution in [2.75, 3.05) is 11.1 Å². The predicted molar refractivity (Wildman–Crippen MR) is 95.1 cm³/mol. The number of fused-ring (bicyclic) bond motifs is 1. The standard InChI is InChI=1S/C19H16FNOS/c20-17-7-3-4-14(10-17)12-23-13-19(22)21-18-9-8-15-5-1-2-6-16(15)11-18/h1-11H,12-13H2,(H,21,22). The average Bonchev–Trinajstić information content (AvgIpc) is 2.55. The van der Waals surface area contributed by atoms with Crippen molar-refractivity contribution >= 4 is 34.1 Å². The Balaban J connectivity index is 1.54. The highest BCUT2D eigenvalue weighted by molar-refractivity contribution is 7.99. The minimum atomic E-state index is -0.247. The Bertz CT molecular complexity index is 834. The minimum Gasteiger partial charge on any atom is -0.325 e. The van der Waals surface area contributed by atoms with Crippen LogP contribution in [0.2, 0.25) is 0 Å². The van der Waals surface area contributed by atoms with Crippen LogP contribution in [-0.2, 0) is 10.5 Å². The molecule has 0 radical (unpaired) electrons. The molecule has 3 aromatic rings. The molecule has 0 unspecified atom stereocenters. The molecule has 0 bridgehead atoms. The summed E-state index contributed by atoms with van der Waals surface area (Å²) in [6, 6.07) is 20.3. The molecule has 1 amide bonds. The van der Waals surface area contributed by atoms with Crippen molar-refractivity contribution in [1.82, 2.24) is 0 Å². The summed E-state index contributed by atoms with van der Waals surface area (Å²) in [5.74, 6) is 0.650. The van der Waals surface area contributed by atoms with E-state index in [0.717, 1.165) is 22.0 Å². The molecule has 3 rings (SSSR count). The number of rotatable bonds is 5. The molecule has 0 aliphatic rings.